The number of hydrogen-bond acceptors (Lipinski definition) is 1. The Morgan fingerprint density at radius 1 is 0.810 bits per heavy atom. The van der Waals surface area contributed by atoms with Crippen LogP contribution in [-0.2, 0) is 0 Å². The molecule has 0 amide bonds. The van der Waals surface area contributed by atoms with E-state index in [0.717, 1.165) is 6.54 Å². The largest absolute Gasteiger partial charge is 0.306 e. The first kappa shape index (κ1) is 15.8. The van der Waals surface area contributed by atoms with E-state index in [4.69, 9.17) is 0 Å². The van der Waals surface area contributed by atoms with Gasteiger partial charge in [-0.1, -0.05) is 42.8 Å². The predicted molar refractivity (Wildman–Crippen MR) is 92.1 cm³/mol. The summed E-state index contributed by atoms with van der Waals surface area (Å²) in [5, 5.41) is 3.70. The molecule has 0 aliphatic carbocycles. The summed E-state index contributed by atoms with van der Waals surface area (Å²) in [6.07, 6.45) is 0. The summed E-state index contributed by atoms with van der Waals surface area (Å²) < 4.78 is 0. The number of aryl methyl sites for hydroxylation is 5. The molecular weight excluding hydrogens is 254 g/mol. The fraction of sp³-hybridized carbons (Fsp3) is 0.400. The Labute approximate surface area is 129 Å². The fourth-order valence-electron chi connectivity index (χ4n) is 3.48. The minimum atomic E-state index is 0.275. The highest BCUT2D eigenvalue weighted by Crippen LogP contribution is 2.32. The van der Waals surface area contributed by atoms with Crippen molar-refractivity contribution in [2.45, 2.75) is 47.6 Å². The molecule has 1 heteroatoms. The lowest BCUT2D eigenvalue weighted by atomic mass is 9.86. The van der Waals surface area contributed by atoms with Gasteiger partial charge in [-0.15, -0.1) is 0 Å². The van der Waals surface area contributed by atoms with E-state index in [1.54, 1.807) is 0 Å². The molecule has 1 unspecified atom stereocenters. The third-order valence-corrected chi connectivity index (χ3v) is 4.27. The monoisotopic (exact) mass is 281 g/mol. The van der Waals surface area contributed by atoms with E-state index in [-0.39, 0.29) is 6.04 Å². The normalized spacial score (nSPS) is 12.5. The third-order valence-electron chi connectivity index (χ3n) is 4.27. The highest BCUT2D eigenvalue weighted by atomic mass is 14.9. The summed E-state index contributed by atoms with van der Waals surface area (Å²) in [5.41, 5.74) is 9.67. The van der Waals surface area contributed by atoms with E-state index in [9.17, 15) is 0 Å². The van der Waals surface area contributed by atoms with Crippen LogP contribution in [0.2, 0.25) is 0 Å². The summed E-state index contributed by atoms with van der Waals surface area (Å²) in [5.74, 6) is 0. The molecule has 0 aromatic heterocycles. The zero-order chi connectivity index (χ0) is 15.6. The first-order chi connectivity index (χ1) is 9.95. The molecule has 2 aromatic carbocycles. The van der Waals surface area contributed by atoms with Crippen molar-refractivity contribution in [3.8, 4) is 0 Å². The van der Waals surface area contributed by atoms with Crippen LogP contribution < -0.4 is 5.32 Å². The van der Waals surface area contributed by atoms with Crippen molar-refractivity contribution < 1.29 is 0 Å². The molecular formula is C20H27N. The Morgan fingerprint density at radius 3 is 1.76 bits per heavy atom. The van der Waals surface area contributed by atoms with Crippen LogP contribution in [0.3, 0.4) is 0 Å². The quantitative estimate of drug-likeness (QED) is 0.838. The molecule has 1 atom stereocenters. The van der Waals surface area contributed by atoms with Gasteiger partial charge in [0.1, 0.15) is 0 Å². The number of nitrogens with one attached hydrogen (secondary N) is 1. The lowest BCUT2D eigenvalue weighted by Crippen LogP contribution is -2.25. The molecule has 0 saturated heterocycles. The maximum Gasteiger partial charge on any atom is 0.0587 e. The number of hydrogen-bond donors (Lipinski definition) is 1. The smallest absolute Gasteiger partial charge is 0.0587 e. The van der Waals surface area contributed by atoms with E-state index in [0.29, 0.717) is 0 Å². The second kappa shape index (κ2) is 6.44. The lowest BCUT2D eigenvalue weighted by Gasteiger charge is -2.26. The standard InChI is InChI=1S/C20H27N/c1-7-21-20(18-14(3)9-8-10-15(18)4)19-16(5)11-13(2)12-17(19)6/h8-12,20-21H,7H2,1-6H3. The molecule has 0 aliphatic rings. The van der Waals surface area contributed by atoms with Gasteiger partial charge in [-0.2, -0.15) is 0 Å². The first-order valence-corrected chi connectivity index (χ1v) is 7.83. The molecule has 112 valence electrons. The van der Waals surface area contributed by atoms with Crippen LogP contribution in [0.25, 0.3) is 0 Å². The van der Waals surface area contributed by atoms with Crippen LogP contribution in [0, 0.1) is 34.6 Å². The van der Waals surface area contributed by atoms with Crippen molar-refractivity contribution in [2.24, 2.45) is 0 Å². The van der Waals surface area contributed by atoms with Gasteiger partial charge in [-0.05, 0) is 74.5 Å². The summed E-state index contributed by atoms with van der Waals surface area (Å²) in [4.78, 5) is 0. The minimum absolute atomic E-state index is 0.275. The van der Waals surface area contributed by atoms with E-state index in [1.165, 1.54) is 38.9 Å². The summed E-state index contributed by atoms with van der Waals surface area (Å²) in [6, 6.07) is 11.4. The van der Waals surface area contributed by atoms with Crippen molar-refractivity contribution in [1.82, 2.24) is 5.32 Å². The Morgan fingerprint density at radius 2 is 1.29 bits per heavy atom. The predicted octanol–water partition coefficient (Wildman–Crippen LogP) is 4.93. The maximum atomic E-state index is 3.70. The minimum Gasteiger partial charge on any atom is -0.306 e. The Hall–Kier alpha value is -1.60. The van der Waals surface area contributed by atoms with Gasteiger partial charge in [-0.3, -0.25) is 0 Å². The second-order valence-corrected chi connectivity index (χ2v) is 6.11. The van der Waals surface area contributed by atoms with Gasteiger partial charge in [-0.25, -0.2) is 0 Å². The third kappa shape index (κ3) is 3.19. The molecule has 2 aromatic rings. The van der Waals surface area contributed by atoms with E-state index in [2.05, 4.69) is 77.2 Å². The fourth-order valence-corrected chi connectivity index (χ4v) is 3.48. The molecule has 0 radical (unpaired) electrons. The molecule has 0 heterocycles. The van der Waals surface area contributed by atoms with Crippen molar-refractivity contribution in [3.05, 3.63) is 69.3 Å². The highest BCUT2D eigenvalue weighted by Gasteiger charge is 2.20. The van der Waals surface area contributed by atoms with E-state index >= 15 is 0 Å². The molecule has 1 nitrogen and oxygen atoms in total. The zero-order valence-corrected chi connectivity index (χ0v) is 14.2. The zero-order valence-electron chi connectivity index (χ0n) is 14.2. The highest BCUT2D eigenvalue weighted by molar-refractivity contribution is 5.48. The summed E-state index contributed by atoms with van der Waals surface area (Å²) in [7, 11) is 0. The van der Waals surface area contributed by atoms with E-state index in [1.807, 2.05) is 0 Å². The molecule has 0 fully saturated rings. The SMILES string of the molecule is CCNC(c1c(C)cccc1C)c1c(C)cc(C)cc1C. The van der Waals surface area contributed by atoms with Crippen LogP contribution >= 0.6 is 0 Å². The summed E-state index contributed by atoms with van der Waals surface area (Å²) >= 11 is 0. The maximum absolute atomic E-state index is 3.70. The van der Waals surface area contributed by atoms with Gasteiger partial charge < -0.3 is 5.32 Å². The van der Waals surface area contributed by atoms with Crippen LogP contribution in [0.15, 0.2) is 30.3 Å². The van der Waals surface area contributed by atoms with Crippen LogP contribution in [0.4, 0.5) is 0 Å². The number of rotatable bonds is 4. The number of benzene rings is 2. The second-order valence-electron chi connectivity index (χ2n) is 6.11. The molecule has 21 heavy (non-hydrogen) atoms. The van der Waals surface area contributed by atoms with Crippen LogP contribution in [-0.4, -0.2) is 6.54 Å². The van der Waals surface area contributed by atoms with Crippen LogP contribution in [0.5, 0.6) is 0 Å². The molecule has 0 saturated carbocycles. The Kier molecular flexibility index (Phi) is 4.84. The van der Waals surface area contributed by atoms with Crippen molar-refractivity contribution >= 4 is 0 Å². The molecule has 0 spiro atoms. The van der Waals surface area contributed by atoms with Gasteiger partial charge in [0.15, 0.2) is 0 Å². The molecule has 1 N–H and O–H groups in total. The van der Waals surface area contributed by atoms with Crippen molar-refractivity contribution in [3.63, 3.8) is 0 Å². The van der Waals surface area contributed by atoms with Gasteiger partial charge in [0, 0.05) is 0 Å². The lowest BCUT2D eigenvalue weighted by molar-refractivity contribution is 0.618. The van der Waals surface area contributed by atoms with Gasteiger partial charge in [0.2, 0.25) is 0 Å². The van der Waals surface area contributed by atoms with Gasteiger partial charge in [0.25, 0.3) is 0 Å². The average Bonchev–Trinajstić information content (AvgIpc) is 2.37. The summed E-state index contributed by atoms with van der Waals surface area (Å²) in [6.45, 7) is 14.2. The van der Waals surface area contributed by atoms with Crippen molar-refractivity contribution in [2.75, 3.05) is 6.54 Å². The Balaban J connectivity index is 2.65. The van der Waals surface area contributed by atoms with Crippen LogP contribution in [0.1, 0.15) is 51.9 Å². The van der Waals surface area contributed by atoms with Gasteiger partial charge >= 0.3 is 0 Å². The first-order valence-electron chi connectivity index (χ1n) is 7.83. The molecule has 0 bridgehead atoms. The Bertz CT molecular complexity index is 597. The topological polar surface area (TPSA) is 12.0 Å². The van der Waals surface area contributed by atoms with E-state index < -0.39 is 0 Å². The molecule has 2 rings (SSSR count). The van der Waals surface area contributed by atoms with Gasteiger partial charge in [0.05, 0.1) is 6.04 Å². The molecule has 0 aliphatic heterocycles. The van der Waals surface area contributed by atoms with Crippen molar-refractivity contribution in [1.29, 1.82) is 0 Å². The average molecular weight is 281 g/mol.